The van der Waals surface area contributed by atoms with E-state index in [0.29, 0.717) is 0 Å². The molecule has 0 radical (unpaired) electrons. The summed E-state index contributed by atoms with van der Waals surface area (Å²) in [5.41, 5.74) is 0. The summed E-state index contributed by atoms with van der Waals surface area (Å²) in [7, 11) is 1.94. The van der Waals surface area contributed by atoms with Crippen LogP contribution in [0.2, 0.25) is 0 Å². The van der Waals surface area contributed by atoms with E-state index in [9.17, 15) is 0 Å². The van der Waals surface area contributed by atoms with E-state index in [4.69, 9.17) is 0 Å². The minimum Gasteiger partial charge on any atom is -0.390 e. The second-order valence-corrected chi connectivity index (χ2v) is 2.89. The molecule has 0 aliphatic heterocycles. The zero-order valence-electron chi connectivity index (χ0n) is 6.68. The highest BCUT2D eigenvalue weighted by Crippen LogP contribution is 1.86. The second-order valence-electron chi connectivity index (χ2n) is 1.91. The number of hydrogen-bond donors (Lipinski definition) is 2. The van der Waals surface area contributed by atoms with Crippen molar-refractivity contribution in [1.82, 2.24) is 10.6 Å². The molecule has 0 saturated heterocycles. The van der Waals surface area contributed by atoms with Crippen LogP contribution in [0.5, 0.6) is 0 Å². The van der Waals surface area contributed by atoms with Crippen LogP contribution in [0, 0.1) is 0 Å². The minimum atomic E-state index is 0.937. The Labute approximate surface area is 67.5 Å². The standard InChI is InChI=1S/C7H16N2S/c1-8-4-3-5-9-6-7-10-2/h3,5,8-9H,4,6-7H2,1-2H3/b5-3-. The van der Waals surface area contributed by atoms with Gasteiger partial charge in [-0.1, -0.05) is 6.08 Å². The van der Waals surface area contributed by atoms with Gasteiger partial charge in [-0.25, -0.2) is 0 Å². The molecule has 0 atom stereocenters. The highest BCUT2D eigenvalue weighted by molar-refractivity contribution is 7.98. The van der Waals surface area contributed by atoms with Gasteiger partial charge in [-0.3, -0.25) is 0 Å². The summed E-state index contributed by atoms with van der Waals surface area (Å²) in [6, 6.07) is 0. The van der Waals surface area contributed by atoms with Crippen LogP contribution in [0.25, 0.3) is 0 Å². The zero-order valence-corrected chi connectivity index (χ0v) is 7.50. The van der Waals surface area contributed by atoms with Crippen LogP contribution in [0.1, 0.15) is 0 Å². The lowest BCUT2D eigenvalue weighted by Gasteiger charge is -1.96. The van der Waals surface area contributed by atoms with E-state index in [1.54, 1.807) is 0 Å². The van der Waals surface area contributed by atoms with Gasteiger partial charge in [0.15, 0.2) is 0 Å². The first-order valence-electron chi connectivity index (χ1n) is 3.43. The predicted octanol–water partition coefficient (Wildman–Crippen LogP) is 0.672. The molecule has 0 aromatic carbocycles. The van der Waals surface area contributed by atoms with Crippen molar-refractivity contribution >= 4 is 11.8 Å². The molecule has 0 spiro atoms. The normalized spacial score (nSPS) is 10.6. The smallest absolute Gasteiger partial charge is 0.0232 e. The lowest BCUT2D eigenvalue weighted by molar-refractivity contribution is 0.886. The van der Waals surface area contributed by atoms with E-state index in [2.05, 4.69) is 23.0 Å². The Morgan fingerprint density at radius 3 is 2.90 bits per heavy atom. The summed E-state index contributed by atoms with van der Waals surface area (Å²) in [6.45, 7) is 1.99. The van der Waals surface area contributed by atoms with Gasteiger partial charge in [-0.15, -0.1) is 0 Å². The number of likely N-dealkylation sites (N-methyl/N-ethyl adjacent to an activating group) is 1. The first kappa shape index (κ1) is 9.85. The molecular formula is C7H16N2S. The summed E-state index contributed by atoms with van der Waals surface area (Å²) >= 11 is 1.85. The van der Waals surface area contributed by atoms with Gasteiger partial charge in [-0.2, -0.15) is 11.8 Å². The van der Waals surface area contributed by atoms with Crippen LogP contribution in [0.3, 0.4) is 0 Å². The van der Waals surface area contributed by atoms with Crippen LogP contribution in [-0.4, -0.2) is 32.1 Å². The summed E-state index contributed by atoms with van der Waals surface area (Å²) in [6.07, 6.45) is 6.17. The Kier molecular flexibility index (Phi) is 8.72. The van der Waals surface area contributed by atoms with Gasteiger partial charge in [-0.05, 0) is 19.5 Å². The van der Waals surface area contributed by atoms with Crippen molar-refractivity contribution in [2.24, 2.45) is 0 Å². The predicted molar refractivity (Wildman–Crippen MR) is 49.5 cm³/mol. The molecule has 0 fully saturated rings. The highest BCUT2D eigenvalue weighted by atomic mass is 32.2. The summed E-state index contributed by atoms with van der Waals surface area (Å²) < 4.78 is 0. The fourth-order valence-corrected chi connectivity index (χ4v) is 0.826. The van der Waals surface area contributed by atoms with Crippen LogP contribution in [-0.2, 0) is 0 Å². The lowest BCUT2D eigenvalue weighted by Crippen LogP contribution is -2.11. The molecule has 10 heavy (non-hydrogen) atoms. The third kappa shape index (κ3) is 7.85. The van der Waals surface area contributed by atoms with Crippen molar-refractivity contribution in [1.29, 1.82) is 0 Å². The maximum atomic E-state index is 3.18. The maximum absolute atomic E-state index is 3.18. The quantitative estimate of drug-likeness (QED) is 0.559. The second kappa shape index (κ2) is 8.85. The van der Waals surface area contributed by atoms with Crippen molar-refractivity contribution in [3.8, 4) is 0 Å². The summed E-state index contributed by atoms with van der Waals surface area (Å²) in [5.74, 6) is 1.17. The summed E-state index contributed by atoms with van der Waals surface area (Å²) in [4.78, 5) is 0. The van der Waals surface area contributed by atoms with Gasteiger partial charge in [0.1, 0.15) is 0 Å². The number of thioether (sulfide) groups is 1. The van der Waals surface area contributed by atoms with Gasteiger partial charge in [0.2, 0.25) is 0 Å². The minimum absolute atomic E-state index is 0.937. The van der Waals surface area contributed by atoms with Crippen molar-refractivity contribution in [3.63, 3.8) is 0 Å². The summed E-state index contributed by atoms with van der Waals surface area (Å²) in [5, 5.41) is 6.21. The monoisotopic (exact) mass is 160 g/mol. The van der Waals surface area contributed by atoms with Gasteiger partial charge in [0, 0.05) is 18.8 Å². The van der Waals surface area contributed by atoms with Crippen LogP contribution in [0.15, 0.2) is 12.3 Å². The van der Waals surface area contributed by atoms with E-state index >= 15 is 0 Å². The first-order valence-corrected chi connectivity index (χ1v) is 4.83. The molecule has 0 heterocycles. The SMILES string of the molecule is CNC/C=C\NCCSC. The Bertz CT molecular complexity index is 83.7. The van der Waals surface area contributed by atoms with Gasteiger partial charge < -0.3 is 10.6 Å². The molecule has 3 heteroatoms. The van der Waals surface area contributed by atoms with Crippen LogP contribution < -0.4 is 10.6 Å². The van der Waals surface area contributed by atoms with E-state index < -0.39 is 0 Å². The third-order valence-electron chi connectivity index (χ3n) is 1.01. The van der Waals surface area contributed by atoms with Crippen molar-refractivity contribution in [2.75, 3.05) is 32.1 Å². The van der Waals surface area contributed by atoms with E-state index in [-0.39, 0.29) is 0 Å². The molecule has 60 valence electrons. The van der Waals surface area contributed by atoms with E-state index in [1.807, 2.05) is 25.0 Å². The molecule has 0 unspecified atom stereocenters. The van der Waals surface area contributed by atoms with Gasteiger partial charge >= 0.3 is 0 Å². The van der Waals surface area contributed by atoms with E-state index in [0.717, 1.165) is 13.1 Å². The van der Waals surface area contributed by atoms with Crippen molar-refractivity contribution in [3.05, 3.63) is 12.3 Å². The molecule has 0 rings (SSSR count). The Morgan fingerprint density at radius 1 is 1.50 bits per heavy atom. The fourth-order valence-electron chi connectivity index (χ4n) is 0.504. The molecule has 2 nitrogen and oxygen atoms in total. The average molecular weight is 160 g/mol. The Morgan fingerprint density at radius 2 is 2.30 bits per heavy atom. The van der Waals surface area contributed by atoms with Gasteiger partial charge in [0.25, 0.3) is 0 Å². The molecular weight excluding hydrogens is 144 g/mol. The highest BCUT2D eigenvalue weighted by Gasteiger charge is 1.77. The van der Waals surface area contributed by atoms with Crippen LogP contribution >= 0.6 is 11.8 Å². The Balaban J connectivity index is 2.88. The topological polar surface area (TPSA) is 24.1 Å². The van der Waals surface area contributed by atoms with Crippen molar-refractivity contribution < 1.29 is 0 Å². The molecule has 0 aliphatic carbocycles. The van der Waals surface area contributed by atoms with Crippen LogP contribution in [0.4, 0.5) is 0 Å². The molecule has 0 aliphatic rings. The molecule has 0 amide bonds. The fraction of sp³-hybridized carbons (Fsp3) is 0.714. The first-order chi connectivity index (χ1) is 4.91. The number of nitrogens with one attached hydrogen (secondary N) is 2. The lowest BCUT2D eigenvalue weighted by atomic mass is 10.6. The molecule has 0 aromatic rings. The third-order valence-corrected chi connectivity index (χ3v) is 1.62. The number of rotatable bonds is 6. The van der Waals surface area contributed by atoms with E-state index in [1.165, 1.54) is 5.75 Å². The molecule has 2 N–H and O–H groups in total. The Hall–Kier alpha value is -0.150. The van der Waals surface area contributed by atoms with Gasteiger partial charge in [0.05, 0.1) is 0 Å². The largest absolute Gasteiger partial charge is 0.390 e. The average Bonchev–Trinajstić information content (AvgIpc) is 1.97. The zero-order chi connectivity index (χ0) is 7.66. The molecule has 0 bridgehead atoms. The number of hydrogen-bond acceptors (Lipinski definition) is 3. The molecule has 0 saturated carbocycles. The maximum Gasteiger partial charge on any atom is 0.0232 e. The molecule has 0 aromatic heterocycles. The van der Waals surface area contributed by atoms with Crippen molar-refractivity contribution in [2.45, 2.75) is 0 Å².